The largest absolute Gasteiger partial charge is 0.481 e. The molecule has 0 aromatic rings. The Labute approximate surface area is 162 Å². The molecule has 0 heterocycles. The van der Waals surface area contributed by atoms with Gasteiger partial charge in [0.25, 0.3) is 0 Å². The van der Waals surface area contributed by atoms with Gasteiger partial charge in [0.05, 0.1) is 0 Å². The molecule has 0 aromatic heterocycles. The maximum atomic E-state index is 12.0. The highest BCUT2D eigenvalue weighted by Crippen LogP contribution is 2.12. The number of ether oxygens (including phenoxy) is 2. The SMILES string of the molecule is CC(C)(C)OC(=O)NCCCC[C@@H](CCCC(=O)O)NC(=O)OC(C)(C)C. The van der Waals surface area contributed by atoms with E-state index in [1.54, 1.807) is 41.5 Å². The first-order valence-electron chi connectivity index (χ1n) is 9.46. The highest BCUT2D eigenvalue weighted by Gasteiger charge is 2.20. The van der Waals surface area contributed by atoms with Gasteiger partial charge < -0.3 is 25.2 Å². The minimum absolute atomic E-state index is 0.0622. The lowest BCUT2D eigenvalue weighted by Crippen LogP contribution is -2.39. The number of nitrogens with one attached hydrogen (secondary N) is 2. The fourth-order valence-corrected chi connectivity index (χ4v) is 2.28. The van der Waals surface area contributed by atoms with E-state index in [1.807, 2.05) is 0 Å². The van der Waals surface area contributed by atoms with E-state index in [0.29, 0.717) is 25.8 Å². The number of rotatable bonds is 10. The highest BCUT2D eigenvalue weighted by atomic mass is 16.6. The molecule has 8 heteroatoms. The summed E-state index contributed by atoms with van der Waals surface area (Å²) in [7, 11) is 0. The fraction of sp³-hybridized carbons (Fsp3) is 0.842. The molecule has 0 aliphatic heterocycles. The zero-order valence-corrected chi connectivity index (χ0v) is 17.5. The lowest BCUT2D eigenvalue weighted by molar-refractivity contribution is -0.137. The van der Waals surface area contributed by atoms with Crippen LogP contribution in [0.15, 0.2) is 0 Å². The van der Waals surface area contributed by atoms with Gasteiger partial charge in [-0.1, -0.05) is 0 Å². The number of carboxylic acids is 1. The van der Waals surface area contributed by atoms with Crippen LogP contribution in [-0.2, 0) is 14.3 Å². The fourth-order valence-electron chi connectivity index (χ4n) is 2.28. The van der Waals surface area contributed by atoms with Crippen LogP contribution in [0.1, 0.15) is 80.1 Å². The number of aliphatic carboxylic acids is 1. The molecule has 1 atom stereocenters. The Morgan fingerprint density at radius 1 is 0.852 bits per heavy atom. The quantitative estimate of drug-likeness (QED) is 0.490. The van der Waals surface area contributed by atoms with Gasteiger partial charge in [-0.3, -0.25) is 4.79 Å². The van der Waals surface area contributed by atoms with Crippen LogP contribution in [0.5, 0.6) is 0 Å². The normalized spacial score (nSPS) is 12.8. The average molecular weight is 389 g/mol. The summed E-state index contributed by atoms with van der Waals surface area (Å²) >= 11 is 0. The van der Waals surface area contributed by atoms with Crippen molar-refractivity contribution in [2.75, 3.05) is 6.54 Å². The molecule has 0 fully saturated rings. The lowest BCUT2D eigenvalue weighted by Gasteiger charge is -2.23. The first-order chi connectivity index (χ1) is 12.3. The maximum Gasteiger partial charge on any atom is 0.407 e. The molecule has 3 N–H and O–H groups in total. The molecular weight excluding hydrogens is 352 g/mol. The minimum Gasteiger partial charge on any atom is -0.481 e. The van der Waals surface area contributed by atoms with Crippen molar-refractivity contribution in [1.82, 2.24) is 10.6 Å². The molecule has 0 aromatic carbocycles. The van der Waals surface area contributed by atoms with Gasteiger partial charge in [0.15, 0.2) is 0 Å². The van der Waals surface area contributed by atoms with Crippen molar-refractivity contribution in [2.24, 2.45) is 0 Å². The second kappa shape index (κ2) is 11.7. The summed E-state index contributed by atoms with van der Waals surface area (Å²) in [6.07, 6.45) is 2.31. The number of carboxylic acid groups (broad SMARTS) is 1. The zero-order valence-electron chi connectivity index (χ0n) is 17.5. The summed E-state index contributed by atoms with van der Waals surface area (Å²) in [5.41, 5.74) is -1.12. The van der Waals surface area contributed by atoms with Crippen LogP contribution < -0.4 is 10.6 Å². The first kappa shape index (κ1) is 25.0. The maximum absolute atomic E-state index is 12.0. The number of unbranched alkanes of at least 4 members (excludes halogenated alkanes) is 1. The summed E-state index contributed by atoms with van der Waals surface area (Å²) in [5.74, 6) is -0.854. The summed E-state index contributed by atoms with van der Waals surface area (Å²) < 4.78 is 10.4. The highest BCUT2D eigenvalue weighted by molar-refractivity contribution is 5.68. The molecular formula is C19H36N2O6. The third-order valence-electron chi connectivity index (χ3n) is 3.31. The van der Waals surface area contributed by atoms with Crippen LogP contribution in [0.4, 0.5) is 9.59 Å². The number of carbonyl (C=O) groups is 3. The molecule has 0 aliphatic rings. The van der Waals surface area contributed by atoms with E-state index < -0.39 is 29.4 Å². The average Bonchev–Trinajstić information content (AvgIpc) is 2.42. The molecule has 0 aliphatic carbocycles. The standard InChI is InChI=1S/C19H36N2O6/c1-18(2,3)26-16(24)20-13-8-7-10-14(11-9-12-15(22)23)21-17(25)27-19(4,5)6/h14H,7-13H2,1-6H3,(H,20,24)(H,21,25)(H,22,23)/t14-/m0/s1. The second-order valence-corrected chi connectivity index (χ2v) is 8.55. The number of amides is 2. The molecule has 0 rings (SSSR count). The van der Waals surface area contributed by atoms with Gasteiger partial charge in [-0.25, -0.2) is 9.59 Å². The van der Waals surface area contributed by atoms with Crippen LogP contribution >= 0.6 is 0 Å². The minimum atomic E-state index is -0.854. The van der Waals surface area contributed by atoms with Crippen molar-refractivity contribution in [3.8, 4) is 0 Å². The Morgan fingerprint density at radius 2 is 1.37 bits per heavy atom. The third-order valence-corrected chi connectivity index (χ3v) is 3.31. The summed E-state index contributed by atoms with van der Waals surface area (Å²) in [6, 6.07) is -0.166. The number of hydrogen-bond acceptors (Lipinski definition) is 5. The number of hydrogen-bond donors (Lipinski definition) is 3. The Bertz CT molecular complexity index is 480. The molecule has 0 radical (unpaired) electrons. The molecule has 27 heavy (non-hydrogen) atoms. The molecule has 0 unspecified atom stereocenters. The smallest absolute Gasteiger partial charge is 0.407 e. The molecule has 158 valence electrons. The van der Waals surface area contributed by atoms with Crippen LogP contribution in [-0.4, -0.2) is 47.1 Å². The molecule has 0 bridgehead atoms. The van der Waals surface area contributed by atoms with Gasteiger partial charge in [0, 0.05) is 19.0 Å². The van der Waals surface area contributed by atoms with Gasteiger partial charge in [-0.05, 0) is 73.6 Å². The van der Waals surface area contributed by atoms with Crippen molar-refractivity contribution < 1.29 is 29.0 Å². The van der Waals surface area contributed by atoms with Crippen LogP contribution in [0, 0.1) is 0 Å². The summed E-state index contributed by atoms with van der Waals surface area (Å²) in [4.78, 5) is 34.2. The van der Waals surface area contributed by atoms with E-state index >= 15 is 0 Å². The number of alkyl carbamates (subject to hydrolysis) is 2. The van der Waals surface area contributed by atoms with Gasteiger partial charge in [0.2, 0.25) is 0 Å². The molecule has 2 amide bonds. The van der Waals surface area contributed by atoms with Crippen LogP contribution in [0.25, 0.3) is 0 Å². The van der Waals surface area contributed by atoms with Crippen LogP contribution in [0.2, 0.25) is 0 Å². The van der Waals surface area contributed by atoms with Crippen molar-refractivity contribution in [1.29, 1.82) is 0 Å². The predicted octanol–water partition coefficient (Wildman–Crippen LogP) is 3.83. The summed E-state index contributed by atoms with van der Waals surface area (Å²) in [5, 5.41) is 14.3. The van der Waals surface area contributed by atoms with E-state index in [-0.39, 0.29) is 12.5 Å². The lowest BCUT2D eigenvalue weighted by atomic mass is 10.0. The van der Waals surface area contributed by atoms with Gasteiger partial charge in [-0.2, -0.15) is 0 Å². The predicted molar refractivity (Wildman–Crippen MR) is 103 cm³/mol. The van der Waals surface area contributed by atoms with E-state index in [9.17, 15) is 14.4 Å². The summed E-state index contributed by atoms with van der Waals surface area (Å²) in [6.45, 7) is 11.2. The molecule has 0 spiro atoms. The Balaban J connectivity index is 4.28. The third kappa shape index (κ3) is 17.2. The Hall–Kier alpha value is -1.99. The van der Waals surface area contributed by atoms with Crippen molar-refractivity contribution in [2.45, 2.75) is 97.3 Å². The second-order valence-electron chi connectivity index (χ2n) is 8.55. The number of carbonyl (C=O) groups excluding carboxylic acids is 2. The van der Waals surface area contributed by atoms with Crippen molar-refractivity contribution in [3.05, 3.63) is 0 Å². The van der Waals surface area contributed by atoms with E-state index in [1.165, 1.54) is 0 Å². The molecule has 8 nitrogen and oxygen atoms in total. The topological polar surface area (TPSA) is 114 Å². The van der Waals surface area contributed by atoms with Gasteiger partial charge in [-0.15, -0.1) is 0 Å². The Kier molecular flexibility index (Phi) is 10.8. The van der Waals surface area contributed by atoms with Gasteiger partial charge >= 0.3 is 18.2 Å². The van der Waals surface area contributed by atoms with E-state index in [0.717, 1.165) is 12.8 Å². The Morgan fingerprint density at radius 3 is 1.89 bits per heavy atom. The van der Waals surface area contributed by atoms with Gasteiger partial charge in [0.1, 0.15) is 11.2 Å². The van der Waals surface area contributed by atoms with E-state index in [4.69, 9.17) is 14.6 Å². The van der Waals surface area contributed by atoms with Crippen LogP contribution in [0.3, 0.4) is 0 Å². The van der Waals surface area contributed by atoms with Crippen molar-refractivity contribution >= 4 is 18.2 Å². The molecule has 0 saturated carbocycles. The monoisotopic (exact) mass is 388 g/mol. The molecule has 0 saturated heterocycles. The van der Waals surface area contributed by atoms with E-state index in [2.05, 4.69) is 10.6 Å². The first-order valence-corrected chi connectivity index (χ1v) is 9.46. The zero-order chi connectivity index (χ0) is 21.1. The van der Waals surface area contributed by atoms with Crippen molar-refractivity contribution in [3.63, 3.8) is 0 Å².